The quantitative estimate of drug-likeness (QED) is 0.498. The third-order valence-corrected chi connectivity index (χ3v) is 2.74. The number of carbonyl (C=O) groups excluding carboxylic acids is 1. The number of benzene rings is 1. The van der Waals surface area contributed by atoms with Crippen LogP contribution in [-0.4, -0.2) is 12.5 Å². The average molecular weight is 296 g/mol. The molecule has 0 aliphatic heterocycles. The zero-order chi connectivity index (χ0) is 15.4. The Kier molecular flexibility index (Phi) is 5.43. The molecule has 0 aliphatic rings. The van der Waals surface area contributed by atoms with Crippen LogP contribution < -0.4 is 11.1 Å². The van der Waals surface area contributed by atoms with Crippen LogP contribution in [0.25, 0.3) is 0 Å². The van der Waals surface area contributed by atoms with Gasteiger partial charge < -0.3 is 11.1 Å². The van der Waals surface area contributed by atoms with E-state index < -0.39 is 40.7 Å². The zero-order valence-corrected chi connectivity index (χ0v) is 10.6. The molecule has 112 valence electrons. The van der Waals surface area contributed by atoms with Crippen molar-refractivity contribution in [2.75, 3.05) is 11.9 Å². The van der Waals surface area contributed by atoms with Gasteiger partial charge in [-0.3, -0.25) is 4.79 Å². The summed E-state index contributed by atoms with van der Waals surface area (Å²) < 4.78 is 65.1. The first kappa shape index (κ1) is 16.4. The van der Waals surface area contributed by atoms with Crippen molar-refractivity contribution in [1.29, 1.82) is 0 Å². The van der Waals surface area contributed by atoms with Gasteiger partial charge >= 0.3 is 0 Å². The number of rotatable bonds is 5. The van der Waals surface area contributed by atoms with Gasteiger partial charge in [0, 0.05) is 6.42 Å². The molecule has 3 N–H and O–H groups in total. The average Bonchev–Trinajstić information content (AvgIpc) is 2.44. The lowest BCUT2D eigenvalue weighted by molar-refractivity contribution is -0.116. The third kappa shape index (κ3) is 3.44. The van der Waals surface area contributed by atoms with E-state index in [0.29, 0.717) is 13.0 Å². The molecule has 0 bridgehead atoms. The van der Waals surface area contributed by atoms with E-state index in [-0.39, 0.29) is 12.3 Å². The van der Waals surface area contributed by atoms with E-state index in [1.54, 1.807) is 12.2 Å². The minimum Gasteiger partial charge on any atom is -0.330 e. The van der Waals surface area contributed by atoms with E-state index in [4.69, 9.17) is 5.73 Å². The van der Waals surface area contributed by atoms with E-state index in [2.05, 4.69) is 0 Å². The van der Waals surface area contributed by atoms with Gasteiger partial charge in [0.15, 0.2) is 23.3 Å². The van der Waals surface area contributed by atoms with Crippen LogP contribution >= 0.6 is 0 Å². The zero-order valence-electron chi connectivity index (χ0n) is 10.6. The van der Waals surface area contributed by atoms with Crippen LogP contribution in [0.4, 0.5) is 27.6 Å². The summed E-state index contributed by atoms with van der Waals surface area (Å²) >= 11 is 0. The second-order valence-electron chi connectivity index (χ2n) is 4.37. The van der Waals surface area contributed by atoms with E-state index in [1.165, 1.54) is 0 Å². The fraction of sp³-hybridized carbons (Fsp3) is 0.417. The molecule has 1 unspecified atom stereocenters. The fourth-order valence-electron chi connectivity index (χ4n) is 1.41. The van der Waals surface area contributed by atoms with Gasteiger partial charge in [-0.2, -0.15) is 0 Å². The molecule has 0 spiro atoms. The number of hydrogen-bond donors (Lipinski definition) is 2. The lowest BCUT2D eigenvalue weighted by Crippen LogP contribution is -2.19. The second kappa shape index (κ2) is 6.65. The summed E-state index contributed by atoms with van der Waals surface area (Å²) in [6.07, 6.45) is 0.190. The molecule has 3 nitrogen and oxygen atoms in total. The summed E-state index contributed by atoms with van der Waals surface area (Å²) in [4.78, 5) is 11.4. The number of nitrogens with one attached hydrogen (secondary N) is 1. The van der Waals surface area contributed by atoms with Crippen LogP contribution in [0.2, 0.25) is 0 Å². The van der Waals surface area contributed by atoms with Crippen LogP contribution in [0, 0.1) is 35.0 Å². The van der Waals surface area contributed by atoms with Crippen molar-refractivity contribution in [3.63, 3.8) is 0 Å². The molecule has 1 aromatic rings. The van der Waals surface area contributed by atoms with Crippen LogP contribution in [0.15, 0.2) is 0 Å². The predicted molar refractivity (Wildman–Crippen MR) is 62.3 cm³/mol. The first-order chi connectivity index (χ1) is 9.29. The van der Waals surface area contributed by atoms with Crippen LogP contribution in [-0.2, 0) is 4.79 Å². The first-order valence-electron chi connectivity index (χ1n) is 5.80. The lowest BCUT2D eigenvalue weighted by atomic mass is 10.1. The topological polar surface area (TPSA) is 55.1 Å². The summed E-state index contributed by atoms with van der Waals surface area (Å²) in [5.74, 6) is -11.5. The van der Waals surface area contributed by atoms with Crippen molar-refractivity contribution in [2.24, 2.45) is 11.7 Å². The summed E-state index contributed by atoms with van der Waals surface area (Å²) in [7, 11) is 0. The number of carbonyl (C=O) groups is 1. The second-order valence-corrected chi connectivity index (χ2v) is 4.37. The highest BCUT2D eigenvalue weighted by molar-refractivity contribution is 5.91. The smallest absolute Gasteiger partial charge is 0.224 e. The Balaban J connectivity index is 2.91. The van der Waals surface area contributed by atoms with Crippen molar-refractivity contribution in [2.45, 2.75) is 19.8 Å². The molecule has 0 radical (unpaired) electrons. The predicted octanol–water partition coefficient (Wildman–Crippen LogP) is 2.70. The molecule has 0 aromatic heterocycles. The van der Waals surface area contributed by atoms with Crippen molar-refractivity contribution in [1.82, 2.24) is 0 Å². The molecule has 0 saturated heterocycles. The van der Waals surface area contributed by atoms with Crippen molar-refractivity contribution >= 4 is 11.6 Å². The highest BCUT2D eigenvalue weighted by atomic mass is 19.2. The molecular weight excluding hydrogens is 283 g/mol. The Labute approximate surface area is 112 Å². The van der Waals surface area contributed by atoms with Crippen LogP contribution in [0.5, 0.6) is 0 Å². The maximum absolute atomic E-state index is 13.3. The number of nitrogens with two attached hydrogens (primary N) is 1. The number of halogens is 5. The van der Waals surface area contributed by atoms with Crippen LogP contribution in [0.1, 0.15) is 19.8 Å². The Morgan fingerprint density at radius 1 is 1.05 bits per heavy atom. The van der Waals surface area contributed by atoms with Gasteiger partial charge in [0.05, 0.1) is 0 Å². The van der Waals surface area contributed by atoms with Gasteiger partial charge in [0.1, 0.15) is 5.69 Å². The van der Waals surface area contributed by atoms with Gasteiger partial charge in [-0.1, -0.05) is 6.92 Å². The standard InChI is InChI=1S/C12H13F5N2O/c1-5(4-18)2-3-6(20)19-12-10(16)8(14)7(13)9(15)11(12)17/h5H,2-4,18H2,1H3,(H,19,20). The Hall–Kier alpha value is -1.70. The molecule has 0 heterocycles. The minimum atomic E-state index is -2.27. The minimum absolute atomic E-state index is 0.00265. The normalized spacial score (nSPS) is 12.3. The van der Waals surface area contributed by atoms with Crippen LogP contribution in [0.3, 0.4) is 0 Å². The SMILES string of the molecule is CC(CN)CCC(=O)Nc1c(F)c(F)c(F)c(F)c1F. The molecular formula is C12H13F5N2O. The molecule has 1 amide bonds. The van der Waals surface area contributed by atoms with E-state index in [1.807, 2.05) is 0 Å². The molecule has 0 saturated carbocycles. The molecule has 1 aromatic carbocycles. The van der Waals surface area contributed by atoms with E-state index in [0.717, 1.165) is 0 Å². The summed E-state index contributed by atoms with van der Waals surface area (Å²) in [5.41, 5.74) is 3.98. The van der Waals surface area contributed by atoms with Crippen molar-refractivity contribution in [3.05, 3.63) is 29.1 Å². The highest BCUT2D eigenvalue weighted by Gasteiger charge is 2.26. The van der Waals surface area contributed by atoms with Crippen molar-refractivity contribution < 1.29 is 26.7 Å². The van der Waals surface area contributed by atoms with Gasteiger partial charge in [0.2, 0.25) is 11.7 Å². The monoisotopic (exact) mass is 296 g/mol. The number of hydrogen-bond acceptors (Lipinski definition) is 2. The molecule has 1 rings (SSSR count). The van der Waals surface area contributed by atoms with Gasteiger partial charge in [0.25, 0.3) is 0 Å². The Morgan fingerprint density at radius 3 is 1.95 bits per heavy atom. The lowest BCUT2D eigenvalue weighted by Gasteiger charge is -2.11. The summed E-state index contributed by atoms with van der Waals surface area (Å²) in [6.45, 7) is 2.07. The molecule has 1 atom stereocenters. The first-order valence-corrected chi connectivity index (χ1v) is 5.80. The van der Waals surface area contributed by atoms with Gasteiger partial charge in [-0.05, 0) is 18.9 Å². The largest absolute Gasteiger partial charge is 0.330 e. The maximum atomic E-state index is 13.3. The molecule has 20 heavy (non-hydrogen) atoms. The van der Waals surface area contributed by atoms with E-state index >= 15 is 0 Å². The van der Waals surface area contributed by atoms with E-state index in [9.17, 15) is 26.7 Å². The Bertz CT molecular complexity index is 492. The number of anilines is 1. The van der Waals surface area contributed by atoms with Gasteiger partial charge in [-0.25, -0.2) is 22.0 Å². The maximum Gasteiger partial charge on any atom is 0.224 e. The summed E-state index contributed by atoms with van der Waals surface area (Å²) in [5, 5.41) is 1.69. The Morgan fingerprint density at radius 2 is 1.50 bits per heavy atom. The molecule has 0 fully saturated rings. The van der Waals surface area contributed by atoms with Gasteiger partial charge in [-0.15, -0.1) is 0 Å². The molecule has 8 heteroatoms. The van der Waals surface area contributed by atoms with Crippen molar-refractivity contribution in [3.8, 4) is 0 Å². The fourth-order valence-corrected chi connectivity index (χ4v) is 1.41. The molecule has 0 aliphatic carbocycles. The number of amides is 1. The third-order valence-electron chi connectivity index (χ3n) is 2.74. The highest BCUT2D eigenvalue weighted by Crippen LogP contribution is 2.27. The summed E-state index contributed by atoms with van der Waals surface area (Å²) in [6, 6.07) is 0.